The molecule has 156 valence electrons. The van der Waals surface area contributed by atoms with Gasteiger partial charge in [0.05, 0.1) is 6.20 Å². The third kappa shape index (κ3) is 4.20. The van der Waals surface area contributed by atoms with Crippen molar-refractivity contribution in [3.05, 3.63) is 29.6 Å². The summed E-state index contributed by atoms with van der Waals surface area (Å²) in [6.07, 6.45) is -3.14. The molecule has 0 radical (unpaired) electrons. The monoisotopic (exact) mass is 429 g/mol. The molecule has 2 unspecified atom stereocenters. The van der Waals surface area contributed by atoms with Crippen molar-refractivity contribution in [2.75, 3.05) is 18.0 Å². The Labute approximate surface area is 165 Å². The third-order valence-electron chi connectivity index (χ3n) is 4.65. The van der Waals surface area contributed by atoms with Crippen molar-refractivity contribution in [3.63, 3.8) is 0 Å². The van der Waals surface area contributed by atoms with E-state index < -0.39 is 32.4 Å². The highest BCUT2D eigenvalue weighted by molar-refractivity contribution is 7.85. The molecule has 2 aromatic heterocycles. The molecule has 2 atom stereocenters. The summed E-state index contributed by atoms with van der Waals surface area (Å²) in [6, 6.07) is 3.74. The topological polar surface area (TPSA) is 112 Å². The summed E-state index contributed by atoms with van der Waals surface area (Å²) in [5.74, 6) is 0.242. The zero-order chi connectivity index (χ0) is 21.6. The van der Waals surface area contributed by atoms with Crippen LogP contribution in [0.2, 0.25) is 0 Å². The van der Waals surface area contributed by atoms with E-state index in [0.717, 1.165) is 29.4 Å². The predicted molar refractivity (Wildman–Crippen MR) is 96.0 cm³/mol. The zero-order valence-electron chi connectivity index (χ0n) is 15.5. The van der Waals surface area contributed by atoms with Gasteiger partial charge in [0.25, 0.3) is 10.1 Å². The van der Waals surface area contributed by atoms with Crippen molar-refractivity contribution in [1.82, 2.24) is 14.8 Å². The average molecular weight is 429 g/mol. The SMILES string of the molecule is CC1CC(C)CN(c2c(C#N)c(C(F)(F)F)nn2-c2ccc(S(=O)(=O)O)cn2)C1. The minimum atomic E-state index is -4.85. The number of pyridine rings is 1. The standard InChI is InChI=1S/C17H18F3N5O3S/c1-10-5-11(2)9-24(8-10)16-13(6-21)15(17(18,19)20)23-25(16)14-4-3-12(7-22-14)29(26,27)28/h3-4,7,10-11H,5,8-9H2,1-2H3,(H,26,27,28). The first-order valence-electron chi connectivity index (χ1n) is 8.71. The van der Waals surface area contributed by atoms with Crippen LogP contribution < -0.4 is 4.90 Å². The number of hydrogen-bond donors (Lipinski definition) is 1. The number of piperidine rings is 1. The van der Waals surface area contributed by atoms with Crippen LogP contribution in [0.4, 0.5) is 19.0 Å². The number of aromatic nitrogens is 3. The maximum atomic E-state index is 13.5. The number of nitriles is 1. The Morgan fingerprint density at radius 3 is 2.31 bits per heavy atom. The summed E-state index contributed by atoms with van der Waals surface area (Å²) in [6.45, 7) is 4.81. The molecule has 0 aliphatic carbocycles. The molecule has 3 heterocycles. The molecular formula is C17H18F3N5O3S. The maximum absolute atomic E-state index is 13.5. The fourth-order valence-electron chi connectivity index (χ4n) is 3.65. The van der Waals surface area contributed by atoms with E-state index in [1.54, 1.807) is 11.0 Å². The van der Waals surface area contributed by atoms with Crippen molar-refractivity contribution in [1.29, 1.82) is 5.26 Å². The molecule has 1 aliphatic rings. The minimum Gasteiger partial charge on any atom is -0.355 e. The molecule has 1 saturated heterocycles. The second-order valence-corrected chi connectivity index (χ2v) is 8.67. The Balaban J connectivity index is 2.20. The van der Waals surface area contributed by atoms with Crippen LogP contribution in [0.5, 0.6) is 0 Å². The van der Waals surface area contributed by atoms with E-state index in [4.69, 9.17) is 4.55 Å². The van der Waals surface area contributed by atoms with E-state index >= 15 is 0 Å². The highest BCUT2D eigenvalue weighted by atomic mass is 32.2. The fourth-order valence-corrected chi connectivity index (χ4v) is 4.07. The lowest BCUT2D eigenvalue weighted by atomic mass is 9.91. The molecule has 1 aliphatic heterocycles. The van der Waals surface area contributed by atoms with Crippen LogP contribution in [0, 0.1) is 23.2 Å². The van der Waals surface area contributed by atoms with E-state index in [-0.39, 0.29) is 23.5 Å². The normalized spacial score (nSPS) is 20.5. The molecule has 1 N–H and O–H groups in total. The number of halogens is 3. The van der Waals surface area contributed by atoms with E-state index in [9.17, 15) is 26.9 Å². The largest absolute Gasteiger partial charge is 0.436 e. The molecule has 0 amide bonds. The van der Waals surface area contributed by atoms with Crippen LogP contribution in [-0.2, 0) is 16.3 Å². The van der Waals surface area contributed by atoms with Gasteiger partial charge < -0.3 is 4.90 Å². The first-order valence-corrected chi connectivity index (χ1v) is 10.1. The smallest absolute Gasteiger partial charge is 0.355 e. The predicted octanol–water partition coefficient (Wildman–Crippen LogP) is 2.89. The maximum Gasteiger partial charge on any atom is 0.436 e. The Hall–Kier alpha value is -2.65. The van der Waals surface area contributed by atoms with Crippen LogP contribution in [0.3, 0.4) is 0 Å². The summed E-state index contributed by atoms with van der Waals surface area (Å²) >= 11 is 0. The number of nitrogens with zero attached hydrogens (tertiary/aromatic N) is 5. The molecule has 2 aromatic rings. The van der Waals surface area contributed by atoms with E-state index in [0.29, 0.717) is 13.1 Å². The number of alkyl halides is 3. The molecule has 0 aromatic carbocycles. The Morgan fingerprint density at radius 1 is 1.24 bits per heavy atom. The highest BCUT2D eigenvalue weighted by Crippen LogP contribution is 2.38. The van der Waals surface area contributed by atoms with Gasteiger partial charge in [0, 0.05) is 13.1 Å². The minimum absolute atomic E-state index is 0.0367. The number of rotatable bonds is 3. The van der Waals surface area contributed by atoms with Gasteiger partial charge in [-0.25, -0.2) is 4.98 Å². The Bertz CT molecular complexity index is 1050. The second-order valence-electron chi connectivity index (χ2n) is 7.25. The molecular weight excluding hydrogens is 411 g/mol. The van der Waals surface area contributed by atoms with Crippen LogP contribution in [0.15, 0.2) is 23.2 Å². The molecule has 0 spiro atoms. The van der Waals surface area contributed by atoms with Crippen molar-refractivity contribution in [3.8, 4) is 11.9 Å². The Kier molecular flexibility index (Phi) is 5.31. The van der Waals surface area contributed by atoms with Gasteiger partial charge >= 0.3 is 6.18 Å². The lowest BCUT2D eigenvalue weighted by Gasteiger charge is -2.36. The number of hydrogen-bond acceptors (Lipinski definition) is 6. The lowest BCUT2D eigenvalue weighted by molar-refractivity contribution is -0.141. The van der Waals surface area contributed by atoms with Crippen molar-refractivity contribution in [2.24, 2.45) is 11.8 Å². The third-order valence-corrected chi connectivity index (χ3v) is 5.48. The van der Waals surface area contributed by atoms with Gasteiger partial charge in [-0.05, 0) is 30.4 Å². The van der Waals surface area contributed by atoms with Crippen molar-refractivity contribution >= 4 is 15.9 Å². The highest BCUT2D eigenvalue weighted by Gasteiger charge is 2.41. The van der Waals surface area contributed by atoms with Crippen LogP contribution >= 0.6 is 0 Å². The summed E-state index contributed by atoms with van der Waals surface area (Å²) in [5, 5.41) is 13.1. The lowest BCUT2D eigenvalue weighted by Crippen LogP contribution is -2.40. The molecule has 12 heteroatoms. The van der Waals surface area contributed by atoms with Gasteiger partial charge in [-0.1, -0.05) is 13.8 Å². The second kappa shape index (κ2) is 7.31. The molecule has 8 nitrogen and oxygen atoms in total. The summed E-state index contributed by atoms with van der Waals surface area (Å²) in [4.78, 5) is 5.01. The molecule has 29 heavy (non-hydrogen) atoms. The van der Waals surface area contributed by atoms with Crippen LogP contribution in [0.25, 0.3) is 5.82 Å². The Morgan fingerprint density at radius 2 is 1.86 bits per heavy atom. The molecule has 0 saturated carbocycles. The van der Waals surface area contributed by atoms with E-state index in [1.165, 1.54) is 0 Å². The van der Waals surface area contributed by atoms with E-state index in [2.05, 4.69) is 10.1 Å². The summed E-state index contributed by atoms with van der Waals surface area (Å²) in [5.41, 5.74) is -1.94. The first kappa shape index (κ1) is 21.1. The van der Waals surface area contributed by atoms with Crippen LogP contribution in [0.1, 0.15) is 31.5 Å². The van der Waals surface area contributed by atoms with Crippen molar-refractivity contribution in [2.45, 2.75) is 31.3 Å². The van der Waals surface area contributed by atoms with Crippen molar-refractivity contribution < 1.29 is 26.1 Å². The molecule has 3 rings (SSSR count). The van der Waals surface area contributed by atoms with Gasteiger partial charge in [-0.3, -0.25) is 4.55 Å². The van der Waals surface area contributed by atoms with Gasteiger partial charge in [0.1, 0.15) is 16.5 Å². The molecule has 0 bridgehead atoms. The average Bonchev–Trinajstić information content (AvgIpc) is 3.00. The fraction of sp³-hybridized carbons (Fsp3) is 0.471. The first-order chi connectivity index (χ1) is 13.4. The van der Waals surface area contributed by atoms with Gasteiger partial charge in [-0.2, -0.15) is 36.6 Å². The summed E-state index contributed by atoms with van der Waals surface area (Å²) in [7, 11) is -4.51. The van der Waals surface area contributed by atoms with Gasteiger partial charge in [0.2, 0.25) is 0 Å². The molecule has 1 fully saturated rings. The number of anilines is 1. The summed E-state index contributed by atoms with van der Waals surface area (Å²) < 4.78 is 72.9. The van der Waals surface area contributed by atoms with E-state index in [1.807, 2.05) is 13.8 Å². The van der Waals surface area contributed by atoms with Crippen LogP contribution in [-0.4, -0.2) is 40.8 Å². The van der Waals surface area contributed by atoms with Gasteiger partial charge in [-0.15, -0.1) is 0 Å². The van der Waals surface area contributed by atoms with Gasteiger partial charge in [0.15, 0.2) is 17.3 Å². The zero-order valence-corrected chi connectivity index (χ0v) is 16.4. The quantitative estimate of drug-likeness (QED) is 0.747.